The number of fused-ring (bicyclic) bond motifs is 2. The zero-order valence-corrected chi connectivity index (χ0v) is 17.7. The van der Waals surface area contributed by atoms with E-state index >= 15 is 0 Å². The summed E-state index contributed by atoms with van der Waals surface area (Å²) in [6, 6.07) is 12.8. The standard InChI is InChI=1S/C22H19N3O3S2/c26-19(8-11-25-22(28)15-5-2-1-4-14(15)21(27)23-25)24-10-7-17-16(9-13-30-17)20(24)18-6-3-12-29-18/h1-6,9,12-13,20H,7-8,10-11H2,(H,23,27)/t20-/m0/s1. The summed E-state index contributed by atoms with van der Waals surface area (Å²) in [4.78, 5) is 42.6. The lowest BCUT2D eigenvalue weighted by Gasteiger charge is -2.35. The van der Waals surface area contributed by atoms with Crippen molar-refractivity contribution < 1.29 is 4.79 Å². The monoisotopic (exact) mass is 437 g/mol. The van der Waals surface area contributed by atoms with Crippen molar-refractivity contribution in [2.75, 3.05) is 6.54 Å². The van der Waals surface area contributed by atoms with Crippen LogP contribution in [0.25, 0.3) is 10.8 Å². The van der Waals surface area contributed by atoms with Crippen molar-refractivity contribution >= 4 is 39.4 Å². The largest absolute Gasteiger partial charge is 0.330 e. The van der Waals surface area contributed by atoms with Gasteiger partial charge in [-0.05, 0) is 47.0 Å². The highest BCUT2D eigenvalue weighted by molar-refractivity contribution is 7.10. The van der Waals surface area contributed by atoms with Crippen LogP contribution in [0.15, 0.2) is 62.8 Å². The molecule has 5 rings (SSSR count). The number of benzene rings is 1. The molecule has 4 aromatic rings. The van der Waals surface area contributed by atoms with Crippen LogP contribution in [0.2, 0.25) is 0 Å². The van der Waals surface area contributed by atoms with Crippen molar-refractivity contribution in [3.63, 3.8) is 0 Å². The van der Waals surface area contributed by atoms with E-state index in [2.05, 4.69) is 22.6 Å². The predicted octanol–water partition coefficient (Wildman–Crippen LogP) is 3.38. The SMILES string of the molecule is O=C(CCn1[nH]c(=O)c2ccccc2c1=O)N1CCc2sccc2[C@H]1c1cccs1. The lowest BCUT2D eigenvalue weighted by molar-refractivity contribution is -0.133. The molecule has 6 nitrogen and oxygen atoms in total. The molecule has 1 aliphatic heterocycles. The average Bonchev–Trinajstić information content (AvgIpc) is 3.46. The number of amides is 1. The number of thiophene rings is 2. The van der Waals surface area contributed by atoms with Crippen LogP contribution in [0.5, 0.6) is 0 Å². The third kappa shape index (κ3) is 3.22. The molecule has 4 heterocycles. The van der Waals surface area contributed by atoms with E-state index in [1.807, 2.05) is 16.3 Å². The summed E-state index contributed by atoms with van der Waals surface area (Å²) >= 11 is 3.38. The Kier molecular flexibility index (Phi) is 4.88. The fourth-order valence-electron chi connectivity index (χ4n) is 4.09. The van der Waals surface area contributed by atoms with Crippen LogP contribution in [-0.2, 0) is 17.8 Å². The molecule has 1 amide bonds. The van der Waals surface area contributed by atoms with Crippen molar-refractivity contribution in [3.05, 3.63) is 89.3 Å². The second-order valence-corrected chi connectivity index (χ2v) is 9.23. The first-order chi connectivity index (χ1) is 14.6. The topological polar surface area (TPSA) is 75.2 Å². The quantitative estimate of drug-likeness (QED) is 0.532. The van der Waals surface area contributed by atoms with E-state index in [4.69, 9.17) is 0 Å². The molecule has 0 saturated heterocycles. The maximum Gasteiger partial charge on any atom is 0.273 e. The highest BCUT2D eigenvalue weighted by Crippen LogP contribution is 2.39. The van der Waals surface area contributed by atoms with E-state index in [-0.39, 0.29) is 36.0 Å². The second kappa shape index (κ2) is 7.70. The van der Waals surface area contributed by atoms with Crippen LogP contribution in [0.1, 0.15) is 27.8 Å². The molecule has 0 unspecified atom stereocenters. The van der Waals surface area contributed by atoms with Gasteiger partial charge < -0.3 is 4.90 Å². The van der Waals surface area contributed by atoms with Crippen molar-refractivity contribution in [3.8, 4) is 0 Å². The molecule has 8 heteroatoms. The van der Waals surface area contributed by atoms with Gasteiger partial charge in [0.1, 0.15) is 0 Å². The van der Waals surface area contributed by atoms with Crippen LogP contribution in [-0.4, -0.2) is 27.1 Å². The van der Waals surface area contributed by atoms with Gasteiger partial charge in [-0.25, -0.2) is 4.68 Å². The second-order valence-electron chi connectivity index (χ2n) is 7.25. The van der Waals surface area contributed by atoms with Crippen LogP contribution in [0, 0.1) is 0 Å². The number of nitrogens with zero attached hydrogens (tertiary/aromatic N) is 2. The number of carbonyl (C=O) groups excluding carboxylic acids is 1. The third-order valence-corrected chi connectivity index (χ3v) is 7.45. The smallest absolute Gasteiger partial charge is 0.273 e. The van der Waals surface area contributed by atoms with Crippen LogP contribution in [0.3, 0.4) is 0 Å². The van der Waals surface area contributed by atoms with E-state index in [0.29, 0.717) is 17.3 Å². The van der Waals surface area contributed by atoms with Gasteiger partial charge in [-0.1, -0.05) is 18.2 Å². The minimum Gasteiger partial charge on any atom is -0.330 e. The lowest BCUT2D eigenvalue weighted by atomic mass is 9.98. The van der Waals surface area contributed by atoms with Gasteiger partial charge in [0.05, 0.1) is 23.4 Å². The van der Waals surface area contributed by atoms with Gasteiger partial charge in [0.15, 0.2) is 0 Å². The van der Waals surface area contributed by atoms with Gasteiger partial charge in [0, 0.05) is 22.7 Å². The molecule has 30 heavy (non-hydrogen) atoms. The fourth-order valence-corrected chi connectivity index (χ4v) is 5.85. The zero-order chi connectivity index (χ0) is 20.7. The summed E-state index contributed by atoms with van der Waals surface area (Å²) in [5.41, 5.74) is 0.583. The molecule has 1 aromatic carbocycles. The minimum atomic E-state index is -0.324. The summed E-state index contributed by atoms with van der Waals surface area (Å²) in [5.74, 6) is -0.0221. The summed E-state index contributed by atoms with van der Waals surface area (Å²) in [6.07, 6.45) is 0.989. The van der Waals surface area contributed by atoms with E-state index in [1.54, 1.807) is 46.9 Å². The number of hydrogen-bond acceptors (Lipinski definition) is 5. The Hall–Kier alpha value is -2.97. The highest BCUT2D eigenvalue weighted by Gasteiger charge is 2.33. The van der Waals surface area contributed by atoms with E-state index in [1.165, 1.54) is 15.1 Å². The Morgan fingerprint density at radius 3 is 2.67 bits per heavy atom. The van der Waals surface area contributed by atoms with Gasteiger partial charge in [-0.15, -0.1) is 22.7 Å². The molecule has 1 N–H and O–H groups in total. The van der Waals surface area contributed by atoms with Crippen molar-refractivity contribution in [1.29, 1.82) is 0 Å². The van der Waals surface area contributed by atoms with Crippen LogP contribution >= 0.6 is 22.7 Å². The number of aromatic nitrogens is 2. The molecule has 1 aliphatic rings. The molecule has 0 aliphatic carbocycles. The Bertz CT molecular complexity index is 1330. The van der Waals surface area contributed by atoms with Crippen LogP contribution in [0.4, 0.5) is 0 Å². The van der Waals surface area contributed by atoms with Gasteiger partial charge >= 0.3 is 0 Å². The first-order valence-electron chi connectivity index (χ1n) is 9.74. The molecule has 152 valence electrons. The zero-order valence-electron chi connectivity index (χ0n) is 16.0. The molecule has 1 atom stereocenters. The number of nitrogens with one attached hydrogen (secondary N) is 1. The van der Waals surface area contributed by atoms with Gasteiger partial charge in [-0.2, -0.15) is 0 Å². The van der Waals surface area contributed by atoms with Crippen molar-refractivity contribution in [2.24, 2.45) is 0 Å². The lowest BCUT2D eigenvalue weighted by Crippen LogP contribution is -2.40. The Morgan fingerprint density at radius 2 is 1.87 bits per heavy atom. The maximum absolute atomic E-state index is 13.2. The highest BCUT2D eigenvalue weighted by atomic mass is 32.1. The Labute approximate surface area is 180 Å². The molecule has 3 aromatic heterocycles. The van der Waals surface area contributed by atoms with Gasteiger partial charge in [0.2, 0.25) is 5.91 Å². The average molecular weight is 438 g/mol. The van der Waals surface area contributed by atoms with Crippen molar-refractivity contribution in [1.82, 2.24) is 14.7 Å². The normalized spacial score (nSPS) is 16.0. The Morgan fingerprint density at radius 1 is 1.03 bits per heavy atom. The summed E-state index contributed by atoms with van der Waals surface area (Å²) < 4.78 is 1.25. The number of aryl methyl sites for hydroxylation is 1. The molecular weight excluding hydrogens is 418 g/mol. The number of rotatable bonds is 4. The third-order valence-electron chi connectivity index (χ3n) is 5.53. The van der Waals surface area contributed by atoms with E-state index in [9.17, 15) is 14.4 Å². The van der Waals surface area contributed by atoms with Crippen LogP contribution < -0.4 is 11.1 Å². The molecule has 0 fully saturated rings. The molecule has 0 spiro atoms. The number of aromatic amines is 1. The fraction of sp³-hybridized carbons (Fsp3) is 0.227. The first-order valence-corrected chi connectivity index (χ1v) is 11.5. The number of carbonyl (C=O) groups is 1. The van der Waals surface area contributed by atoms with Crippen molar-refractivity contribution in [2.45, 2.75) is 25.4 Å². The molecule has 0 bridgehead atoms. The number of hydrogen-bond donors (Lipinski definition) is 1. The predicted molar refractivity (Wildman–Crippen MR) is 119 cm³/mol. The molecule has 0 saturated carbocycles. The minimum absolute atomic E-state index is 0.0221. The van der Waals surface area contributed by atoms with E-state index in [0.717, 1.165) is 11.3 Å². The van der Waals surface area contributed by atoms with Gasteiger partial charge in [0.25, 0.3) is 11.1 Å². The Balaban J connectivity index is 1.42. The maximum atomic E-state index is 13.2. The molecule has 0 radical (unpaired) electrons. The summed E-state index contributed by atoms with van der Waals surface area (Å²) in [5, 5.41) is 7.45. The summed E-state index contributed by atoms with van der Waals surface area (Å²) in [6.45, 7) is 0.792. The molecular formula is C22H19N3O3S2. The van der Waals surface area contributed by atoms with Gasteiger partial charge in [-0.3, -0.25) is 19.5 Å². The number of H-pyrrole nitrogens is 1. The summed E-state index contributed by atoms with van der Waals surface area (Å²) in [7, 11) is 0. The first kappa shape index (κ1) is 19.0. The van der Waals surface area contributed by atoms with E-state index < -0.39 is 0 Å².